The van der Waals surface area contributed by atoms with Crippen molar-refractivity contribution < 1.29 is 13.9 Å². The Labute approximate surface area is 185 Å². The fourth-order valence-corrected chi connectivity index (χ4v) is 3.90. The van der Waals surface area contributed by atoms with Gasteiger partial charge in [0.1, 0.15) is 11.3 Å². The van der Waals surface area contributed by atoms with Crippen molar-refractivity contribution in [3.05, 3.63) is 41.2 Å². The first-order chi connectivity index (χ1) is 15.1. The van der Waals surface area contributed by atoms with E-state index in [2.05, 4.69) is 25.6 Å². The number of hydrogen-bond donors (Lipinski definition) is 1. The summed E-state index contributed by atoms with van der Waals surface area (Å²) in [6.07, 6.45) is 4.85. The maximum atomic E-state index is 13.4. The van der Waals surface area contributed by atoms with Crippen LogP contribution in [0.5, 0.6) is 11.5 Å². The van der Waals surface area contributed by atoms with Crippen molar-refractivity contribution in [1.82, 2.24) is 20.3 Å². The summed E-state index contributed by atoms with van der Waals surface area (Å²) in [6.45, 7) is 3.98. The zero-order valence-electron chi connectivity index (χ0n) is 17.4. The van der Waals surface area contributed by atoms with Crippen molar-refractivity contribution in [2.75, 3.05) is 38.7 Å². The molecule has 31 heavy (non-hydrogen) atoms. The molecule has 1 aliphatic rings. The van der Waals surface area contributed by atoms with E-state index in [1.54, 1.807) is 19.2 Å². The molecule has 0 unspecified atom stereocenters. The molecule has 0 bridgehead atoms. The Morgan fingerprint density at radius 3 is 2.71 bits per heavy atom. The molecule has 9 heteroatoms. The lowest BCUT2D eigenvalue weighted by Crippen LogP contribution is -2.31. The quantitative estimate of drug-likeness (QED) is 0.498. The number of methoxy groups -OCH3 is 1. The van der Waals surface area contributed by atoms with Gasteiger partial charge < -0.3 is 19.7 Å². The summed E-state index contributed by atoms with van der Waals surface area (Å²) in [4.78, 5) is 2.49. The van der Waals surface area contributed by atoms with Gasteiger partial charge in [-0.3, -0.25) is 0 Å². The average Bonchev–Trinajstić information content (AvgIpc) is 2.79. The van der Waals surface area contributed by atoms with E-state index >= 15 is 0 Å². The third kappa shape index (κ3) is 5.32. The molecule has 1 fully saturated rings. The third-order valence-electron chi connectivity index (χ3n) is 5.34. The third-order valence-corrected chi connectivity index (χ3v) is 5.63. The second kappa shape index (κ2) is 10.1. The summed E-state index contributed by atoms with van der Waals surface area (Å²) in [7, 11) is 1.59. The minimum absolute atomic E-state index is 0.0224. The molecule has 164 valence electrons. The number of piperidine rings is 1. The number of nitrogens with one attached hydrogen (secondary N) is 1. The zero-order valence-corrected chi connectivity index (χ0v) is 18.2. The molecule has 4 rings (SSSR count). The smallest absolute Gasteiger partial charge is 0.164 e. The number of hydrogen-bond acceptors (Lipinski definition) is 7. The molecule has 0 radical (unpaired) electrons. The number of anilines is 2. The molecule has 2 heterocycles. The molecule has 1 saturated heterocycles. The molecular weight excluding hydrogens is 421 g/mol. The largest absolute Gasteiger partial charge is 0.493 e. The first kappa shape index (κ1) is 21.5. The standard InChI is InChI=1S/C22H25ClFN5O2/c1-30-20-13-16-19(14-21(20)31-11-5-10-29-8-3-2-4-9-29)26-28-27-22(16)25-15-6-7-18(24)17(23)12-15/h6-7,12-14H,2-5,8-11H2,1H3,(H,25,26,27). The highest BCUT2D eigenvalue weighted by molar-refractivity contribution is 6.31. The van der Waals surface area contributed by atoms with Gasteiger partial charge >= 0.3 is 0 Å². The molecule has 3 aromatic rings. The van der Waals surface area contributed by atoms with Gasteiger partial charge in [0, 0.05) is 18.3 Å². The summed E-state index contributed by atoms with van der Waals surface area (Å²) in [5, 5.41) is 15.9. The molecule has 1 aromatic heterocycles. The van der Waals surface area contributed by atoms with Crippen LogP contribution in [0.2, 0.25) is 5.02 Å². The summed E-state index contributed by atoms with van der Waals surface area (Å²) in [5.74, 6) is 1.18. The number of nitrogens with zero attached hydrogens (tertiary/aromatic N) is 4. The van der Waals surface area contributed by atoms with Gasteiger partial charge in [0.15, 0.2) is 17.3 Å². The van der Waals surface area contributed by atoms with Gasteiger partial charge in [-0.2, -0.15) is 0 Å². The van der Waals surface area contributed by atoms with E-state index in [9.17, 15) is 4.39 Å². The Hall–Kier alpha value is -2.71. The van der Waals surface area contributed by atoms with Crippen LogP contribution in [-0.4, -0.2) is 53.7 Å². The molecule has 0 amide bonds. The highest BCUT2D eigenvalue weighted by Crippen LogP contribution is 2.34. The van der Waals surface area contributed by atoms with E-state index in [1.165, 1.54) is 44.5 Å². The zero-order chi connectivity index (χ0) is 21.6. The van der Waals surface area contributed by atoms with E-state index in [0.717, 1.165) is 13.0 Å². The number of aromatic nitrogens is 3. The molecule has 0 atom stereocenters. The van der Waals surface area contributed by atoms with Crippen molar-refractivity contribution in [2.45, 2.75) is 25.7 Å². The summed E-state index contributed by atoms with van der Waals surface area (Å²) in [5.41, 5.74) is 1.20. The molecular formula is C22H25ClFN5O2. The van der Waals surface area contributed by atoms with Crippen molar-refractivity contribution in [2.24, 2.45) is 0 Å². The van der Waals surface area contributed by atoms with E-state index in [4.69, 9.17) is 21.1 Å². The van der Waals surface area contributed by atoms with Crippen molar-refractivity contribution in [3.63, 3.8) is 0 Å². The van der Waals surface area contributed by atoms with Gasteiger partial charge in [-0.25, -0.2) is 4.39 Å². The minimum Gasteiger partial charge on any atom is -0.493 e. The molecule has 2 aromatic carbocycles. The van der Waals surface area contributed by atoms with Crippen LogP contribution >= 0.6 is 11.6 Å². The van der Waals surface area contributed by atoms with Crippen LogP contribution in [0.4, 0.5) is 15.9 Å². The number of benzene rings is 2. The SMILES string of the molecule is COc1cc2c(Nc3ccc(F)c(Cl)c3)nnnc2cc1OCCCN1CCCCC1. The minimum atomic E-state index is -0.485. The summed E-state index contributed by atoms with van der Waals surface area (Å²) in [6, 6.07) is 7.96. The van der Waals surface area contributed by atoms with Gasteiger partial charge in [0.2, 0.25) is 0 Å². The number of rotatable bonds is 8. The second-order valence-corrected chi connectivity index (χ2v) is 7.92. The van der Waals surface area contributed by atoms with Gasteiger partial charge in [-0.1, -0.05) is 18.0 Å². The van der Waals surface area contributed by atoms with Crippen molar-refractivity contribution in [3.8, 4) is 11.5 Å². The van der Waals surface area contributed by atoms with E-state index in [-0.39, 0.29) is 5.02 Å². The Morgan fingerprint density at radius 2 is 1.94 bits per heavy atom. The second-order valence-electron chi connectivity index (χ2n) is 7.52. The Morgan fingerprint density at radius 1 is 1.10 bits per heavy atom. The molecule has 0 aliphatic carbocycles. The number of halogens is 2. The highest BCUT2D eigenvalue weighted by atomic mass is 35.5. The van der Waals surface area contributed by atoms with Gasteiger partial charge in [0.25, 0.3) is 0 Å². The van der Waals surface area contributed by atoms with Crippen molar-refractivity contribution in [1.29, 1.82) is 0 Å². The predicted molar refractivity (Wildman–Crippen MR) is 119 cm³/mol. The van der Waals surface area contributed by atoms with E-state index in [1.807, 2.05) is 6.07 Å². The monoisotopic (exact) mass is 445 g/mol. The Kier molecular flexibility index (Phi) is 6.99. The fourth-order valence-electron chi connectivity index (χ4n) is 3.72. The maximum absolute atomic E-state index is 13.4. The highest BCUT2D eigenvalue weighted by Gasteiger charge is 2.14. The van der Waals surface area contributed by atoms with Crippen LogP contribution in [0.15, 0.2) is 30.3 Å². The van der Waals surface area contributed by atoms with Gasteiger partial charge in [-0.15, -0.1) is 10.2 Å². The lowest BCUT2D eigenvalue weighted by Gasteiger charge is -2.26. The maximum Gasteiger partial charge on any atom is 0.164 e. The van der Waals surface area contributed by atoms with Crippen LogP contribution in [0.25, 0.3) is 10.9 Å². The lowest BCUT2D eigenvalue weighted by atomic mass is 10.1. The van der Waals surface area contributed by atoms with Crippen LogP contribution in [0.1, 0.15) is 25.7 Å². The number of ether oxygens (including phenoxy) is 2. The van der Waals surface area contributed by atoms with E-state index in [0.29, 0.717) is 40.5 Å². The first-order valence-electron chi connectivity index (χ1n) is 10.4. The Bertz CT molecular complexity index is 1050. The number of fused-ring (bicyclic) bond motifs is 1. The molecule has 0 saturated carbocycles. The van der Waals surface area contributed by atoms with Crippen LogP contribution in [-0.2, 0) is 0 Å². The molecule has 7 nitrogen and oxygen atoms in total. The van der Waals surface area contributed by atoms with Crippen LogP contribution < -0.4 is 14.8 Å². The van der Waals surface area contributed by atoms with Crippen LogP contribution in [0.3, 0.4) is 0 Å². The fraction of sp³-hybridized carbons (Fsp3) is 0.409. The summed E-state index contributed by atoms with van der Waals surface area (Å²) >= 11 is 5.87. The lowest BCUT2D eigenvalue weighted by molar-refractivity contribution is 0.203. The molecule has 1 aliphatic heterocycles. The average molecular weight is 446 g/mol. The summed E-state index contributed by atoms with van der Waals surface area (Å²) < 4.78 is 25.0. The first-order valence-corrected chi connectivity index (χ1v) is 10.8. The number of likely N-dealkylation sites (tertiary alicyclic amines) is 1. The van der Waals surface area contributed by atoms with Crippen LogP contribution in [0, 0.1) is 5.82 Å². The predicted octanol–water partition coefficient (Wildman–Crippen LogP) is 4.82. The molecule has 0 spiro atoms. The van der Waals surface area contributed by atoms with Gasteiger partial charge in [0.05, 0.1) is 24.1 Å². The Balaban J connectivity index is 1.48. The normalized spacial score (nSPS) is 14.5. The molecule has 1 N–H and O–H groups in total. The topological polar surface area (TPSA) is 72.4 Å². The van der Waals surface area contributed by atoms with Crippen molar-refractivity contribution >= 4 is 34.0 Å². The van der Waals surface area contributed by atoms with Gasteiger partial charge in [-0.05, 0) is 61.8 Å². The van der Waals surface area contributed by atoms with E-state index < -0.39 is 5.82 Å².